The van der Waals surface area contributed by atoms with Crippen molar-refractivity contribution in [2.45, 2.75) is 50.6 Å². The van der Waals surface area contributed by atoms with Gasteiger partial charge in [0, 0.05) is 18.3 Å². The molecule has 138 valence electrons. The molecule has 4 fully saturated rings. The van der Waals surface area contributed by atoms with E-state index < -0.39 is 0 Å². The molecule has 4 bridgehead atoms. The average Bonchev–Trinajstić information content (AvgIpc) is 2.91. The highest BCUT2D eigenvalue weighted by Gasteiger charge is 2.51. The van der Waals surface area contributed by atoms with Crippen LogP contribution in [0.2, 0.25) is 0 Å². The monoisotopic (exact) mass is 352 g/mol. The second-order valence-electron chi connectivity index (χ2n) is 9.23. The van der Waals surface area contributed by atoms with Crippen LogP contribution in [0.15, 0.2) is 24.4 Å². The molecule has 0 atom stereocenters. The van der Waals surface area contributed by atoms with E-state index in [0.717, 1.165) is 29.1 Å². The average molecular weight is 352 g/mol. The van der Waals surface area contributed by atoms with Crippen molar-refractivity contribution in [2.75, 3.05) is 14.1 Å². The van der Waals surface area contributed by atoms with Crippen molar-refractivity contribution in [1.82, 2.24) is 19.6 Å². The van der Waals surface area contributed by atoms with Crippen LogP contribution in [0.4, 0.5) is 0 Å². The van der Waals surface area contributed by atoms with Crippen molar-refractivity contribution in [3.8, 4) is 0 Å². The standard InChI is InChI=1S/C21H28N4O/c1-24(2)13-17-19(22-18-5-3-4-6-25(17)18)20(26)23-21-10-14-7-15(11-21)9-16(8-14)12-21/h3-6,14-16H,7-13H2,1-2H3,(H,23,26). The minimum Gasteiger partial charge on any atom is -0.345 e. The molecule has 0 saturated heterocycles. The number of nitrogens with one attached hydrogen (secondary N) is 1. The van der Waals surface area contributed by atoms with Crippen LogP contribution in [-0.2, 0) is 6.54 Å². The molecule has 0 unspecified atom stereocenters. The first-order valence-electron chi connectivity index (χ1n) is 9.94. The summed E-state index contributed by atoms with van der Waals surface area (Å²) < 4.78 is 2.05. The summed E-state index contributed by atoms with van der Waals surface area (Å²) in [6, 6.07) is 5.94. The fourth-order valence-electron chi connectivity index (χ4n) is 6.24. The predicted octanol–water partition coefficient (Wildman–Crippen LogP) is 3.09. The van der Waals surface area contributed by atoms with Crippen LogP contribution in [0.3, 0.4) is 0 Å². The van der Waals surface area contributed by atoms with Crippen LogP contribution in [0, 0.1) is 17.8 Å². The van der Waals surface area contributed by atoms with Crippen molar-refractivity contribution in [3.05, 3.63) is 35.8 Å². The summed E-state index contributed by atoms with van der Waals surface area (Å²) in [4.78, 5) is 20.1. The summed E-state index contributed by atoms with van der Waals surface area (Å²) in [7, 11) is 4.06. The Bertz CT molecular complexity index is 818. The van der Waals surface area contributed by atoms with E-state index in [1.807, 2.05) is 38.5 Å². The first-order valence-corrected chi connectivity index (χ1v) is 9.94. The number of carbonyl (C=O) groups excluding carboxylic acids is 1. The summed E-state index contributed by atoms with van der Waals surface area (Å²) >= 11 is 0. The third kappa shape index (κ3) is 2.64. The molecule has 1 amide bonds. The Labute approximate surface area is 154 Å². The maximum absolute atomic E-state index is 13.3. The van der Waals surface area contributed by atoms with E-state index in [-0.39, 0.29) is 11.4 Å². The lowest BCUT2D eigenvalue weighted by atomic mass is 9.53. The maximum Gasteiger partial charge on any atom is 0.272 e. The minimum absolute atomic E-state index is 0.0208. The molecule has 4 saturated carbocycles. The molecule has 5 heteroatoms. The summed E-state index contributed by atoms with van der Waals surface area (Å²) in [5.74, 6) is 2.49. The van der Waals surface area contributed by atoms with Gasteiger partial charge in [-0.3, -0.25) is 4.79 Å². The fourth-order valence-corrected chi connectivity index (χ4v) is 6.24. The first kappa shape index (κ1) is 16.3. The molecule has 0 spiro atoms. The number of rotatable bonds is 4. The van der Waals surface area contributed by atoms with Crippen LogP contribution < -0.4 is 5.32 Å². The van der Waals surface area contributed by atoms with E-state index in [1.165, 1.54) is 38.5 Å². The molecule has 26 heavy (non-hydrogen) atoms. The number of fused-ring (bicyclic) bond motifs is 1. The Kier molecular flexibility index (Phi) is 3.64. The lowest BCUT2D eigenvalue weighted by Gasteiger charge is -2.56. The summed E-state index contributed by atoms with van der Waals surface area (Å²) in [5.41, 5.74) is 2.45. The molecule has 0 aromatic carbocycles. The van der Waals surface area contributed by atoms with Crippen LogP contribution in [0.1, 0.15) is 54.7 Å². The number of hydrogen-bond acceptors (Lipinski definition) is 3. The maximum atomic E-state index is 13.3. The lowest BCUT2D eigenvalue weighted by molar-refractivity contribution is -0.0168. The van der Waals surface area contributed by atoms with Gasteiger partial charge in [-0.15, -0.1) is 0 Å². The topological polar surface area (TPSA) is 49.6 Å². The molecular formula is C21H28N4O. The predicted molar refractivity (Wildman–Crippen MR) is 101 cm³/mol. The smallest absolute Gasteiger partial charge is 0.272 e. The van der Waals surface area contributed by atoms with E-state index in [2.05, 4.69) is 19.6 Å². The number of carbonyl (C=O) groups is 1. The zero-order chi connectivity index (χ0) is 17.9. The molecule has 0 radical (unpaired) electrons. The summed E-state index contributed by atoms with van der Waals surface area (Å²) in [6.07, 6.45) is 9.66. The Hall–Kier alpha value is -1.88. The number of aromatic nitrogens is 2. The highest BCUT2D eigenvalue weighted by atomic mass is 16.2. The van der Waals surface area contributed by atoms with Crippen molar-refractivity contribution >= 4 is 11.6 Å². The van der Waals surface area contributed by atoms with Crippen LogP contribution in [0.5, 0.6) is 0 Å². The molecule has 2 heterocycles. The number of amides is 1. The van der Waals surface area contributed by atoms with Gasteiger partial charge in [-0.1, -0.05) is 6.07 Å². The van der Waals surface area contributed by atoms with Crippen molar-refractivity contribution < 1.29 is 4.79 Å². The van der Waals surface area contributed by atoms with Gasteiger partial charge in [0.1, 0.15) is 5.65 Å². The van der Waals surface area contributed by atoms with Crippen molar-refractivity contribution in [3.63, 3.8) is 0 Å². The Morgan fingerprint density at radius 1 is 1.19 bits per heavy atom. The molecule has 4 aliphatic carbocycles. The third-order valence-corrected chi connectivity index (χ3v) is 6.73. The summed E-state index contributed by atoms with van der Waals surface area (Å²) in [6.45, 7) is 0.703. The van der Waals surface area contributed by atoms with Gasteiger partial charge >= 0.3 is 0 Å². The lowest BCUT2D eigenvalue weighted by Crippen LogP contribution is -2.60. The highest BCUT2D eigenvalue weighted by Crippen LogP contribution is 2.55. The largest absolute Gasteiger partial charge is 0.345 e. The van der Waals surface area contributed by atoms with Gasteiger partial charge in [-0.05, 0) is 82.5 Å². The molecule has 2 aromatic rings. The first-order chi connectivity index (χ1) is 12.5. The quantitative estimate of drug-likeness (QED) is 0.920. The fraction of sp³-hybridized carbons (Fsp3) is 0.619. The van der Waals surface area contributed by atoms with Crippen molar-refractivity contribution in [2.24, 2.45) is 17.8 Å². The van der Waals surface area contributed by atoms with E-state index in [1.54, 1.807) is 0 Å². The van der Waals surface area contributed by atoms with Gasteiger partial charge in [0.15, 0.2) is 5.69 Å². The normalized spacial score (nSPS) is 32.5. The second kappa shape index (κ2) is 5.81. The van der Waals surface area contributed by atoms with Gasteiger partial charge in [0.2, 0.25) is 0 Å². The number of pyridine rings is 1. The Morgan fingerprint density at radius 2 is 1.85 bits per heavy atom. The van der Waals surface area contributed by atoms with Gasteiger partial charge in [0.05, 0.1) is 5.69 Å². The number of hydrogen-bond donors (Lipinski definition) is 1. The van der Waals surface area contributed by atoms with E-state index in [4.69, 9.17) is 0 Å². The van der Waals surface area contributed by atoms with Crippen LogP contribution >= 0.6 is 0 Å². The highest BCUT2D eigenvalue weighted by molar-refractivity contribution is 5.95. The molecule has 1 N–H and O–H groups in total. The molecule has 0 aliphatic heterocycles. The zero-order valence-corrected chi connectivity index (χ0v) is 15.7. The van der Waals surface area contributed by atoms with E-state index in [9.17, 15) is 4.79 Å². The second-order valence-corrected chi connectivity index (χ2v) is 9.23. The summed E-state index contributed by atoms with van der Waals surface area (Å²) in [5, 5.41) is 3.48. The Morgan fingerprint density at radius 3 is 2.46 bits per heavy atom. The van der Waals surface area contributed by atoms with E-state index >= 15 is 0 Å². The van der Waals surface area contributed by atoms with Gasteiger partial charge in [-0.25, -0.2) is 4.98 Å². The molecule has 4 aliphatic rings. The minimum atomic E-state index is 0.0208. The van der Waals surface area contributed by atoms with Gasteiger partial charge in [0.25, 0.3) is 5.91 Å². The Balaban J connectivity index is 1.47. The zero-order valence-electron chi connectivity index (χ0n) is 15.7. The molecule has 5 nitrogen and oxygen atoms in total. The third-order valence-electron chi connectivity index (χ3n) is 6.73. The van der Waals surface area contributed by atoms with Crippen LogP contribution in [-0.4, -0.2) is 39.8 Å². The van der Waals surface area contributed by atoms with Gasteiger partial charge < -0.3 is 14.6 Å². The van der Waals surface area contributed by atoms with Crippen molar-refractivity contribution in [1.29, 1.82) is 0 Å². The van der Waals surface area contributed by atoms with Crippen LogP contribution in [0.25, 0.3) is 5.65 Å². The number of imidazole rings is 1. The molecular weight excluding hydrogens is 324 g/mol. The van der Waals surface area contributed by atoms with E-state index in [0.29, 0.717) is 12.2 Å². The number of nitrogens with zero attached hydrogens (tertiary/aromatic N) is 3. The molecule has 2 aromatic heterocycles. The molecule has 6 rings (SSSR count). The van der Waals surface area contributed by atoms with Gasteiger partial charge in [-0.2, -0.15) is 0 Å². The SMILES string of the molecule is CN(C)Cc1c(C(=O)NC23CC4CC(CC(C4)C2)C3)nc2ccccn12.